The topological polar surface area (TPSA) is 77.9 Å². The van der Waals surface area contributed by atoms with E-state index in [9.17, 15) is 14.4 Å². The molecule has 6 heteroatoms. The number of imide groups is 1. The highest BCUT2D eigenvalue weighted by molar-refractivity contribution is 6.27. The lowest BCUT2D eigenvalue weighted by Gasteiger charge is -2.31. The number of carboxylic acid groups (broad SMARTS) is 1. The number of carbonyl (C=O) groups excluding carboxylic acids is 2. The van der Waals surface area contributed by atoms with E-state index in [-0.39, 0.29) is 24.4 Å². The summed E-state index contributed by atoms with van der Waals surface area (Å²) in [6.45, 7) is 3.44. The van der Waals surface area contributed by atoms with E-state index in [1.54, 1.807) is 50.1 Å². The number of likely N-dealkylation sites (N-methyl/N-ethyl adjacent to an activating group) is 1. The maximum absolute atomic E-state index is 12.7. The van der Waals surface area contributed by atoms with Crippen molar-refractivity contribution in [3.8, 4) is 0 Å². The molecule has 0 unspecified atom stereocenters. The van der Waals surface area contributed by atoms with Crippen LogP contribution in [0.25, 0.3) is 10.8 Å². The molecule has 0 atom stereocenters. The summed E-state index contributed by atoms with van der Waals surface area (Å²) in [7, 11) is 1.67. The van der Waals surface area contributed by atoms with E-state index in [4.69, 9.17) is 5.11 Å². The van der Waals surface area contributed by atoms with Gasteiger partial charge in [-0.1, -0.05) is 12.1 Å². The highest BCUT2D eigenvalue weighted by Crippen LogP contribution is 2.36. The fraction of sp³-hybridized carbons (Fsp3) is 0.278. The predicted octanol–water partition coefficient (Wildman–Crippen LogP) is 2.37. The summed E-state index contributed by atoms with van der Waals surface area (Å²) in [5.74, 6) is -1.58. The predicted molar refractivity (Wildman–Crippen MR) is 90.5 cm³/mol. The molecule has 0 saturated heterocycles. The molecular weight excluding hydrogens is 308 g/mol. The molecule has 1 N–H and O–H groups in total. The van der Waals surface area contributed by atoms with Crippen molar-refractivity contribution < 1.29 is 19.5 Å². The van der Waals surface area contributed by atoms with Crippen molar-refractivity contribution in [1.82, 2.24) is 4.90 Å². The number of hydrogen-bond donors (Lipinski definition) is 1. The van der Waals surface area contributed by atoms with Gasteiger partial charge in [-0.05, 0) is 32.0 Å². The smallest absolute Gasteiger partial charge is 0.323 e. The Bertz CT molecular complexity index is 850. The van der Waals surface area contributed by atoms with Crippen LogP contribution >= 0.6 is 0 Å². The summed E-state index contributed by atoms with van der Waals surface area (Å²) in [5.41, 5.74) is 1.62. The quantitative estimate of drug-likeness (QED) is 0.873. The van der Waals surface area contributed by atoms with Crippen molar-refractivity contribution in [3.05, 3.63) is 41.5 Å². The van der Waals surface area contributed by atoms with Gasteiger partial charge in [0.15, 0.2) is 0 Å². The Morgan fingerprint density at radius 1 is 1.12 bits per heavy atom. The van der Waals surface area contributed by atoms with Gasteiger partial charge in [0, 0.05) is 40.7 Å². The third-order valence-electron chi connectivity index (χ3n) is 4.22. The Morgan fingerprint density at radius 3 is 2.33 bits per heavy atom. The average Bonchev–Trinajstić information content (AvgIpc) is 2.51. The van der Waals surface area contributed by atoms with E-state index in [1.807, 2.05) is 6.07 Å². The van der Waals surface area contributed by atoms with Crippen LogP contribution in [0.2, 0.25) is 0 Å². The fourth-order valence-electron chi connectivity index (χ4n) is 3.19. The first-order chi connectivity index (χ1) is 11.3. The van der Waals surface area contributed by atoms with Gasteiger partial charge in [0.05, 0.1) is 0 Å². The van der Waals surface area contributed by atoms with Crippen molar-refractivity contribution in [2.45, 2.75) is 19.9 Å². The zero-order chi connectivity index (χ0) is 17.6. The standard InChI is InChI=1S/C18H18N2O4/c1-10(2)20-17(23)12-6-4-5-11-14(19(3)9-15(21)22)8-7-13(16(11)12)18(20)24/h4-8,10H,9H2,1-3H3,(H,21,22). The lowest BCUT2D eigenvalue weighted by atomic mass is 9.92. The zero-order valence-electron chi connectivity index (χ0n) is 13.7. The number of aliphatic carboxylic acids is 1. The number of rotatable bonds is 4. The molecule has 1 aliphatic heterocycles. The lowest BCUT2D eigenvalue weighted by molar-refractivity contribution is -0.135. The second-order valence-electron chi connectivity index (χ2n) is 6.18. The number of nitrogens with zero attached hydrogens (tertiary/aromatic N) is 2. The van der Waals surface area contributed by atoms with Gasteiger partial charge in [0.2, 0.25) is 0 Å². The van der Waals surface area contributed by atoms with Crippen molar-refractivity contribution in [2.24, 2.45) is 0 Å². The Labute approximate surface area is 139 Å². The normalized spacial score (nSPS) is 13.8. The van der Waals surface area contributed by atoms with Crippen LogP contribution in [-0.2, 0) is 4.79 Å². The number of benzene rings is 2. The van der Waals surface area contributed by atoms with Crippen molar-refractivity contribution in [1.29, 1.82) is 0 Å². The second kappa shape index (κ2) is 5.63. The van der Waals surface area contributed by atoms with E-state index < -0.39 is 5.97 Å². The Morgan fingerprint density at radius 2 is 1.75 bits per heavy atom. The van der Waals surface area contributed by atoms with E-state index >= 15 is 0 Å². The Hall–Kier alpha value is -2.89. The summed E-state index contributed by atoms with van der Waals surface area (Å²) in [4.78, 5) is 39.3. The van der Waals surface area contributed by atoms with E-state index in [0.29, 0.717) is 27.6 Å². The molecule has 1 aliphatic rings. The second-order valence-corrected chi connectivity index (χ2v) is 6.18. The van der Waals surface area contributed by atoms with Crippen LogP contribution < -0.4 is 4.90 Å². The minimum absolute atomic E-state index is 0.168. The van der Waals surface area contributed by atoms with Gasteiger partial charge in [-0.15, -0.1) is 0 Å². The largest absolute Gasteiger partial charge is 0.480 e. The molecule has 0 spiro atoms. The van der Waals surface area contributed by atoms with Gasteiger partial charge < -0.3 is 10.0 Å². The third-order valence-corrected chi connectivity index (χ3v) is 4.22. The van der Waals surface area contributed by atoms with Crippen LogP contribution in [0, 0.1) is 0 Å². The summed E-state index contributed by atoms with van der Waals surface area (Å²) < 4.78 is 0. The highest BCUT2D eigenvalue weighted by Gasteiger charge is 2.34. The van der Waals surface area contributed by atoms with Gasteiger partial charge >= 0.3 is 5.97 Å². The molecule has 0 bridgehead atoms. The van der Waals surface area contributed by atoms with Crippen LogP contribution in [0.3, 0.4) is 0 Å². The van der Waals surface area contributed by atoms with Gasteiger partial charge in [-0.2, -0.15) is 0 Å². The van der Waals surface area contributed by atoms with Crippen LogP contribution in [-0.4, -0.2) is 47.4 Å². The highest BCUT2D eigenvalue weighted by atomic mass is 16.4. The molecule has 6 nitrogen and oxygen atoms in total. The molecule has 24 heavy (non-hydrogen) atoms. The first-order valence-electron chi connectivity index (χ1n) is 7.69. The number of hydrogen-bond acceptors (Lipinski definition) is 4. The van der Waals surface area contributed by atoms with Gasteiger partial charge in [0.25, 0.3) is 11.8 Å². The van der Waals surface area contributed by atoms with Gasteiger partial charge in [-0.25, -0.2) is 0 Å². The van der Waals surface area contributed by atoms with Crippen LogP contribution in [0.5, 0.6) is 0 Å². The number of carboxylic acids is 1. The summed E-state index contributed by atoms with van der Waals surface area (Å²) in [5, 5.41) is 10.3. The van der Waals surface area contributed by atoms with Crippen molar-refractivity contribution in [2.75, 3.05) is 18.5 Å². The van der Waals surface area contributed by atoms with Crippen molar-refractivity contribution >= 4 is 34.2 Å². The molecule has 3 rings (SSSR count). The van der Waals surface area contributed by atoms with Crippen LogP contribution in [0.15, 0.2) is 30.3 Å². The molecule has 0 aromatic heterocycles. The molecular formula is C18H18N2O4. The van der Waals surface area contributed by atoms with E-state index in [0.717, 1.165) is 0 Å². The first kappa shape index (κ1) is 16.0. The molecule has 0 fully saturated rings. The zero-order valence-corrected chi connectivity index (χ0v) is 13.7. The van der Waals surface area contributed by atoms with Crippen LogP contribution in [0.4, 0.5) is 5.69 Å². The molecule has 2 amide bonds. The van der Waals surface area contributed by atoms with E-state index in [1.165, 1.54) is 4.90 Å². The SMILES string of the molecule is CC(C)N1C(=O)c2cccc3c(N(C)CC(=O)O)ccc(c23)C1=O. The minimum Gasteiger partial charge on any atom is -0.480 e. The molecule has 0 radical (unpaired) electrons. The van der Waals surface area contributed by atoms with Gasteiger partial charge in [0.1, 0.15) is 6.54 Å². The van der Waals surface area contributed by atoms with Gasteiger partial charge in [-0.3, -0.25) is 19.3 Å². The third kappa shape index (κ3) is 2.31. The summed E-state index contributed by atoms with van der Waals surface area (Å²) >= 11 is 0. The first-order valence-corrected chi connectivity index (χ1v) is 7.69. The minimum atomic E-state index is -0.948. The molecule has 124 valence electrons. The molecule has 2 aromatic carbocycles. The lowest BCUT2D eigenvalue weighted by Crippen LogP contribution is -2.44. The molecule has 0 aliphatic carbocycles. The number of anilines is 1. The summed E-state index contributed by atoms with van der Waals surface area (Å²) in [6, 6.07) is 8.44. The monoisotopic (exact) mass is 326 g/mol. The van der Waals surface area contributed by atoms with Crippen LogP contribution in [0.1, 0.15) is 34.6 Å². The van der Waals surface area contributed by atoms with Crippen molar-refractivity contribution in [3.63, 3.8) is 0 Å². The maximum atomic E-state index is 12.7. The Kier molecular flexibility index (Phi) is 3.75. The Balaban J connectivity index is 2.26. The molecule has 0 saturated carbocycles. The maximum Gasteiger partial charge on any atom is 0.323 e. The number of amides is 2. The fourth-order valence-corrected chi connectivity index (χ4v) is 3.19. The molecule has 2 aromatic rings. The average molecular weight is 326 g/mol. The van der Waals surface area contributed by atoms with E-state index in [2.05, 4.69) is 0 Å². The summed E-state index contributed by atoms with van der Waals surface area (Å²) in [6.07, 6.45) is 0. The number of carbonyl (C=O) groups is 3. The molecule has 1 heterocycles.